The lowest BCUT2D eigenvalue weighted by atomic mass is 9.78. The molecule has 0 aromatic heterocycles. The molecule has 4 nitrogen and oxygen atoms in total. The summed E-state index contributed by atoms with van der Waals surface area (Å²) in [5.41, 5.74) is 1.31. The van der Waals surface area contributed by atoms with Crippen LogP contribution in [0.15, 0.2) is 29.0 Å². The highest BCUT2D eigenvalue weighted by atomic mass is 16.6. The van der Waals surface area contributed by atoms with Crippen molar-refractivity contribution in [2.24, 2.45) is 10.6 Å². The number of hydrogen-bond donors (Lipinski definition) is 1. The molecule has 0 saturated carbocycles. The maximum Gasteiger partial charge on any atom is 0.108 e. The van der Waals surface area contributed by atoms with E-state index in [1.165, 1.54) is 0 Å². The van der Waals surface area contributed by atoms with Crippen molar-refractivity contribution in [1.82, 2.24) is 0 Å². The topological polar surface area (TPSA) is 51.0 Å². The average molecular weight is 223 g/mol. The molecule has 0 radical (unpaired) electrons. The minimum atomic E-state index is -0.264. The summed E-state index contributed by atoms with van der Waals surface area (Å²) in [5, 5.41) is 12.6. The standard InChI is InChI=1S/C12H17NO3/c1-12(2)5-3-4-9(11(12)13-14)10-8-15-6-7-16-10/h3-5,10,14H,6-8H2,1-2H3. The van der Waals surface area contributed by atoms with Crippen LogP contribution in [0, 0.1) is 5.41 Å². The molecule has 0 bridgehead atoms. The highest BCUT2D eigenvalue weighted by molar-refractivity contribution is 6.06. The average Bonchev–Trinajstić information content (AvgIpc) is 2.28. The molecule has 1 atom stereocenters. The molecule has 2 aliphatic rings. The Labute approximate surface area is 95.2 Å². The molecule has 0 aromatic carbocycles. The van der Waals surface area contributed by atoms with Gasteiger partial charge in [0.25, 0.3) is 0 Å². The smallest absolute Gasteiger partial charge is 0.108 e. The van der Waals surface area contributed by atoms with Gasteiger partial charge in [0.05, 0.1) is 25.5 Å². The van der Waals surface area contributed by atoms with Crippen LogP contribution in [0.5, 0.6) is 0 Å². The summed E-state index contributed by atoms with van der Waals surface area (Å²) in [5.74, 6) is 0. The summed E-state index contributed by atoms with van der Waals surface area (Å²) in [6.45, 7) is 5.76. The zero-order chi connectivity index (χ0) is 11.6. The molecule has 0 spiro atoms. The molecular formula is C12H17NO3. The van der Waals surface area contributed by atoms with Crippen molar-refractivity contribution in [2.75, 3.05) is 19.8 Å². The highest BCUT2D eigenvalue weighted by Gasteiger charge is 2.33. The summed E-state index contributed by atoms with van der Waals surface area (Å²) in [6.07, 6.45) is 5.79. The first kappa shape index (κ1) is 11.4. The fourth-order valence-electron chi connectivity index (χ4n) is 2.04. The zero-order valence-corrected chi connectivity index (χ0v) is 9.64. The van der Waals surface area contributed by atoms with Crippen LogP contribution in [0.3, 0.4) is 0 Å². The minimum absolute atomic E-state index is 0.121. The first-order valence-electron chi connectivity index (χ1n) is 5.47. The van der Waals surface area contributed by atoms with E-state index in [2.05, 4.69) is 5.16 Å². The Morgan fingerprint density at radius 3 is 2.88 bits per heavy atom. The fourth-order valence-corrected chi connectivity index (χ4v) is 2.04. The van der Waals surface area contributed by atoms with Crippen LogP contribution in [0.25, 0.3) is 0 Å². The van der Waals surface area contributed by atoms with E-state index in [9.17, 15) is 0 Å². The lowest BCUT2D eigenvalue weighted by molar-refractivity contribution is -0.0703. The molecule has 4 heteroatoms. The second kappa shape index (κ2) is 4.39. The molecule has 1 fully saturated rings. The Hall–Kier alpha value is -1.13. The number of allylic oxidation sites excluding steroid dienone is 3. The van der Waals surface area contributed by atoms with Gasteiger partial charge in [-0.15, -0.1) is 0 Å². The van der Waals surface area contributed by atoms with E-state index < -0.39 is 0 Å². The van der Waals surface area contributed by atoms with Crippen molar-refractivity contribution in [3.05, 3.63) is 23.8 Å². The van der Waals surface area contributed by atoms with Gasteiger partial charge in [-0.2, -0.15) is 0 Å². The largest absolute Gasteiger partial charge is 0.411 e. The Balaban J connectivity index is 2.25. The van der Waals surface area contributed by atoms with Crippen molar-refractivity contribution in [1.29, 1.82) is 0 Å². The summed E-state index contributed by atoms with van der Waals surface area (Å²) in [6, 6.07) is 0. The van der Waals surface area contributed by atoms with Crippen LogP contribution in [-0.2, 0) is 9.47 Å². The summed E-state index contributed by atoms with van der Waals surface area (Å²) in [7, 11) is 0. The van der Waals surface area contributed by atoms with Crippen LogP contribution in [0.1, 0.15) is 13.8 Å². The Bertz CT molecular complexity index is 349. The van der Waals surface area contributed by atoms with E-state index in [0.29, 0.717) is 25.5 Å². The molecule has 88 valence electrons. The predicted molar refractivity (Wildman–Crippen MR) is 60.8 cm³/mol. The summed E-state index contributed by atoms with van der Waals surface area (Å²) >= 11 is 0. The SMILES string of the molecule is CC1(C)C=CC=C(C2COCCO2)C1=NO. The third-order valence-electron chi connectivity index (χ3n) is 2.94. The Morgan fingerprint density at radius 1 is 1.44 bits per heavy atom. The third kappa shape index (κ3) is 2.03. The molecule has 0 amide bonds. The molecule has 1 N–H and O–H groups in total. The van der Waals surface area contributed by atoms with Gasteiger partial charge in [-0.05, 0) is 0 Å². The van der Waals surface area contributed by atoms with Crippen LogP contribution < -0.4 is 0 Å². The molecule has 16 heavy (non-hydrogen) atoms. The van der Waals surface area contributed by atoms with Crippen molar-refractivity contribution in [2.45, 2.75) is 20.0 Å². The molecule has 2 rings (SSSR count). The highest BCUT2D eigenvalue weighted by Crippen LogP contribution is 2.31. The monoisotopic (exact) mass is 223 g/mol. The zero-order valence-electron chi connectivity index (χ0n) is 9.64. The van der Waals surface area contributed by atoms with Crippen LogP contribution in [-0.4, -0.2) is 36.8 Å². The van der Waals surface area contributed by atoms with Gasteiger partial charge in [0.15, 0.2) is 0 Å². The van der Waals surface area contributed by atoms with Gasteiger partial charge in [0.1, 0.15) is 6.10 Å². The maximum absolute atomic E-state index is 9.14. The molecule has 1 aliphatic heterocycles. The number of rotatable bonds is 1. The van der Waals surface area contributed by atoms with Gasteiger partial charge in [0.2, 0.25) is 0 Å². The van der Waals surface area contributed by atoms with E-state index in [1.54, 1.807) is 0 Å². The van der Waals surface area contributed by atoms with Crippen LogP contribution >= 0.6 is 0 Å². The molecule has 0 aromatic rings. The number of hydrogen-bond acceptors (Lipinski definition) is 4. The maximum atomic E-state index is 9.14. The Kier molecular flexibility index (Phi) is 3.12. The van der Waals surface area contributed by atoms with E-state index in [4.69, 9.17) is 14.7 Å². The summed E-state index contributed by atoms with van der Waals surface area (Å²) < 4.78 is 11.0. The predicted octanol–water partition coefficient (Wildman–Crippen LogP) is 1.75. The fraction of sp³-hybridized carbons (Fsp3) is 0.583. The molecule has 1 heterocycles. The first-order chi connectivity index (χ1) is 7.65. The van der Waals surface area contributed by atoms with Crippen molar-refractivity contribution < 1.29 is 14.7 Å². The third-order valence-corrected chi connectivity index (χ3v) is 2.94. The normalized spacial score (nSPS) is 31.5. The second-order valence-corrected chi connectivity index (χ2v) is 4.59. The number of nitrogens with zero attached hydrogens (tertiary/aromatic N) is 1. The van der Waals surface area contributed by atoms with E-state index in [-0.39, 0.29) is 11.5 Å². The quantitative estimate of drug-likeness (QED) is 0.544. The van der Waals surface area contributed by atoms with Crippen molar-refractivity contribution in [3.63, 3.8) is 0 Å². The van der Waals surface area contributed by atoms with Crippen LogP contribution in [0.2, 0.25) is 0 Å². The van der Waals surface area contributed by atoms with Crippen molar-refractivity contribution in [3.8, 4) is 0 Å². The molecule has 1 saturated heterocycles. The van der Waals surface area contributed by atoms with Gasteiger partial charge < -0.3 is 14.7 Å². The lowest BCUT2D eigenvalue weighted by Crippen LogP contribution is -2.38. The van der Waals surface area contributed by atoms with E-state index >= 15 is 0 Å². The molecule has 1 aliphatic carbocycles. The van der Waals surface area contributed by atoms with Crippen molar-refractivity contribution >= 4 is 5.71 Å². The number of oxime groups is 1. The van der Waals surface area contributed by atoms with Gasteiger partial charge in [-0.1, -0.05) is 37.2 Å². The second-order valence-electron chi connectivity index (χ2n) is 4.59. The molecular weight excluding hydrogens is 206 g/mol. The number of ether oxygens (including phenoxy) is 2. The van der Waals surface area contributed by atoms with Crippen LogP contribution in [0.4, 0.5) is 0 Å². The van der Waals surface area contributed by atoms with Gasteiger partial charge >= 0.3 is 0 Å². The molecule has 1 unspecified atom stereocenters. The Morgan fingerprint density at radius 2 is 2.25 bits per heavy atom. The lowest BCUT2D eigenvalue weighted by Gasteiger charge is -2.32. The van der Waals surface area contributed by atoms with Gasteiger partial charge in [0, 0.05) is 11.0 Å². The first-order valence-corrected chi connectivity index (χ1v) is 5.47. The van der Waals surface area contributed by atoms with Gasteiger partial charge in [-0.25, -0.2) is 0 Å². The minimum Gasteiger partial charge on any atom is -0.411 e. The van der Waals surface area contributed by atoms with E-state index in [1.807, 2.05) is 32.1 Å². The van der Waals surface area contributed by atoms with E-state index in [0.717, 1.165) is 5.57 Å². The van der Waals surface area contributed by atoms with Gasteiger partial charge in [-0.3, -0.25) is 0 Å². The summed E-state index contributed by atoms with van der Waals surface area (Å²) in [4.78, 5) is 0.